The maximum Gasteiger partial charge on any atom is 0.190 e. The number of hydrogen-bond acceptors (Lipinski definition) is 6. The zero-order chi connectivity index (χ0) is 11.2. The maximum absolute atomic E-state index is 9.74. The van der Waals surface area contributed by atoms with E-state index >= 15 is 0 Å². The van der Waals surface area contributed by atoms with E-state index in [9.17, 15) is 10.2 Å². The van der Waals surface area contributed by atoms with Gasteiger partial charge in [0.15, 0.2) is 12.1 Å². The average molecular weight is 220 g/mol. The molecule has 88 valence electrons. The van der Waals surface area contributed by atoms with E-state index in [0.29, 0.717) is 0 Å². The smallest absolute Gasteiger partial charge is 0.190 e. The van der Waals surface area contributed by atoms with Crippen molar-refractivity contribution in [3.05, 3.63) is 0 Å². The fourth-order valence-corrected chi connectivity index (χ4v) is 1.91. The highest BCUT2D eigenvalue weighted by Crippen LogP contribution is 2.35. The molecule has 6 heteroatoms. The summed E-state index contributed by atoms with van der Waals surface area (Å²) < 4.78 is 16.0. The van der Waals surface area contributed by atoms with Crippen molar-refractivity contribution in [1.29, 1.82) is 0 Å². The van der Waals surface area contributed by atoms with Crippen molar-refractivity contribution in [2.45, 2.75) is 50.3 Å². The summed E-state index contributed by atoms with van der Waals surface area (Å²) in [6.07, 6.45) is -4.55. The van der Waals surface area contributed by atoms with Crippen LogP contribution in [0.5, 0.6) is 0 Å². The highest BCUT2D eigenvalue weighted by Gasteiger charge is 2.53. The molecule has 0 radical (unpaired) electrons. The number of ether oxygens (including phenoxy) is 3. The quantitative estimate of drug-likeness (QED) is 0.502. The number of rotatable bonds is 1. The lowest BCUT2D eigenvalue weighted by Crippen LogP contribution is -2.57. The lowest BCUT2D eigenvalue weighted by atomic mass is 9.99. The molecule has 0 saturated carbocycles. The predicted molar refractivity (Wildman–Crippen MR) is 47.8 cm³/mol. The molecule has 2 fully saturated rings. The first-order valence-corrected chi connectivity index (χ1v) is 4.93. The highest BCUT2D eigenvalue weighted by atomic mass is 16.8. The van der Waals surface area contributed by atoms with Crippen LogP contribution in [0.15, 0.2) is 0 Å². The first-order valence-electron chi connectivity index (χ1n) is 4.93. The Kier molecular flexibility index (Phi) is 2.74. The topological polar surface area (TPSA) is 88.4 Å². The van der Waals surface area contributed by atoms with Gasteiger partial charge in [-0.25, -0.2) is 0 Å². The van der Waals surface area contributed by atoms with Crippen LogP contribution in [0.25, 0.3) is 0 Å². The molecule has 0 aromatic rings. The van der Waals surface area contributed by atoms with Crippen LogP contribution in [0.3, 0.4) is 0 Å². The largest absolute Gasteiger partial charge is 0.394 e. The van der Waals surface area contributed by atoms with Crippen molar-refractivity contribution >= 4 is 0 Å². The maximum atomic E-state index is 9.74. The van der Waals surface area contributed by atoms with E-state index in [1.165, 1.54) is 0 Å². The number of hydrogen-bond donors (Lipinski definition) is 3. The second-order valence-electron chi connectivity index (χ2n) is 4.31. The van der Waals surface area contributed by atoms with E-state index in [4.69, 9.17) is 19.3 Å². The third kappa shape index (κ3) is 1.89. The Morgan fingerprint density at radius 3 is 2.40 bits per heavy atom. The van der Waals surface area contributed by atoms with Gasteiger partial charge in [-0.15, -0.1) is 0 Å². The van der Waals surface area contributed by atoms with Gasteiger partial charge in [-0.05, 0) is 13.8 Å². The van der Waals surface area contributed by atoms with Crippen molar-refractivity contribution in [3.8, 4) is 0 Å². The lowest BCUT2D eigenvalue weighted by Gasteiger charge is -2.36. The van der Waals surface area contributed by atoms with Crippen molar-refractivity contribution in [2.24, 2.45) is 0 Å². The van der Waals surface area contributed by atoms with Gasteiger partial charge in [-0.2, -0.15) is 0 Å². The molecule has 2 heterocycles. The Morgan fingerprint density at radius 1 is 1.13 bits per heavy atom. The third-order valence-corrected chi connectivity index (χ3v) is 2.64. The minimum atomic E-state index is -1.16. The first-order chi connectivity index (χ1) is 6.94. The van der Waals surface area contributed by atoms with Gasteiger partial charge in [0.1, 0.15) is 24.4 Å². The SMILES string of the molecule is CC1(C)O[C@H]2O[C@@H](CO)[C@@H](O)[C@H](O)[C@H]2O1. The molecule has 2 rings (SSSR count). The molecule has 0 aliphatic carbocycles. The standard InChI is InChI=1S/C9H16O6/c1-9(2)14-7-6(12)5(11)4(3-10)13-8(7)15-9/h4-8,10-12H,3H2,1-2H3/t4-,5+,6-,7+,8+/m0/s1. The van der Waals surface area contributed by atoms with Crippen LogP contribution >= 0.6 is 0 Å². The zero-order valence-electron chi connectivity index (χ0n) is 8.66. The Balaban J connectivity index is 2.13. The van der Waals surface area contributed by atoms with Gasteiger partial charge in [0, 0.05) is 0 Å². The van der Waals surface area contributed by atoms with E-state index < -0.39 is 36.5 Å². The lowest BCUT2D eigenvalue weighted by molar-refractivity contribution is -0.256. The summed E-state index contributed by atoms with van der Waals surface area (Å²) in [5.74, 6) is -0.847. The summed E-state index contributed by atoms with van der Waals surface area (Å²) in [5.41, 5.74) is 0. The molecule has 0 aromatic carbocycles. The summed E-state index contributed by atoms with van der Waals surface area (Å²) in [7, 11) is 0. The van der Waals surface area contributed by atoms with Crippen LogP contribution in [0, 0.1) is 0 Å². The van der Waals surface area contributed by atoms with Gasteiger partial charge in [-0.3, -0.25) is 0 Å². The van der Waals surface area contributed by atoms with Crippen molar-refractivity contribution < 1.29 is 29.5 Å². The minimum Gasteiger partial charge on any atom is -0.394 e. The van der Waals surface area contributed by atoms with Gasteiger partial charge in [0.2, 0.25) is 0 Å². The number of aliphatic hydroxyl groups is 3. The minimum absolute atomic E-state index is 0.370. The molecule has 0 unspecified atom stereocenters. The van der Waals surface area contributed by atoms with Crippen LogP contribution < -0.4 is 0 Å². The van der Waals surface area contributed by atoms with Gasteiger partial charge in [0.05, 0.1) is 6.61 Å². The number of aliphatic hydroxyl groups excluding tert-OH is 3. The number of fused-ring (bicyclic) bond motifs is 1. The molecule has 15 heavy (non-hydrogen) atoms. The molecule has 0 bridgehead atoms. The van der Waals surface area contributed by atoms with Gasteiger partial charge >= 0.3 is 0 Å². The zero-order valence-corrected chi connectivity index (χ0v) is 8.66. The van der Waals surface area contributed by atoms with Crippen molar-refractivity contribution in [3.63, 3.8) is 0 Å². The van der Waals surface area contributed by atoms with E-state index in [1.807, 2.05) is 0 Å². The van der Waals surface area contributed by atoms with Crippen LogP contribution in [0.2, 0.25) is 0 Å². The Labute approximate surface area is 87.4 Å². The van der Waals surface area contributed by atoms with Gasteiger partial charge in [-0.1, -0.05) is 0 Å². The molecule has 0 spiro atoms. The molecule has 2 aliphatic heterocycles. The summed E-state index contributed by atoms with van der Waals surface area (Å²) in [5, 5.41) is 28.3. The normalized spacial score (nSPS) is 49.0. The molecule has 6 nitrogen and oxygen atoms in total. The van der Waals surface area contributed by atoms with E-state index in [2.05, 4.69) is 0 Å². The monoisotopic (exact) mass is 220 g/mol. The Bertz CT molecular complexity index is 243. The molecule has 2 saturated heterocycles. The first kappa shape index (κ1) is 11.3. The van der Waals surface area contributed by atoms with E-state index in [-0.39, 0.29) is 6.61 Å². The van der Waals surface area contributed by atoms with Crippen LogP contribution in [0.4, 0.5) is 0 Å². The van der Waals surface area contributed by atoms with Gasteiger partial charge < -0.3 is 29.5 Å². The Morgan fingerprint density at radius 2 is 1.80 bits per heavy atom. The molecule has 0 aromatic heterocycles. The van der Waals surface area contributed by atoms with Crippen LogP contribution in [-0.4, -0.2) is 58.4 Å². The van der Waals surface area contributed by atoms with Crippen molar-refractivity contribution in [2.75, 3.05) is 6.61 Å². The predicted octanol–water partition coefficient (Wildman–Crippen LogP) is -1.42. The molecule has 3 N–H and O–H groups in total. The fourth-order valence-electron chi connectivity index (χ4n) is 1.91. The van der Waals surface area contributed by atoms with Crippen molar-refractivity contribution in [1.82, 2.24) is 0 Å². The molecular formula is C9H16O6. The average Bonchev–Trinajstić information content (AvgIpc) is 2.47. The summed E-state index contributed by atoms with van der Waals surface area (Å²) in [6.45, 7) is 3.02. The second-order valence-corrected chi connectivity index (χ2v) is 4.31. The third-order valence-electron chi connectivity index (χ3n) is 2.64. The highest BCUT2D eigenvalue weighted by molar-refractivity contribution is 4.93. The molecule has 5 atom stereocenters. The van der Waals surface area contributed by atoms with Gasteiger partial charge in [0.25, 0.3) is 0 Å². The summed E-state index contributed by atoms with van der Waals surface area (Å²) in [6, 6.07) is 0. The second kappa shape index (κ2) is 3.65. The molecule has 2 aliphatic rings. The molecule has 0 amide bonds. The summed E-state index contributed by atoms with van der Waals surface area (Å²) in [4.78, 5) is 0. The summed E-state index contributed by atoms with van der Waals surface area (Å²) >= 11 is 0. The van der Waals surface area contributed by atoms with E-state index in [0.717, 1.165) is 0 Å². The van der Waals surface area contributed by atoms with Crippen LogP contribution in [0.1, 0.15) is 13.8 Å². The molecular weight excluding hydrogens is 204 g/mol. The van der Waals surface area contributed by atoms with Crippen LogP contribution in [-0.2, 0) is 14.2 Å². The fraction of sp³-hybridized carbons (Fsp3) is 1.00. The Hall–Kier alpha value is -0.240. The van der Waals surface area contributed by atoms with E-state index in [1.54, 1.807) is 13.8 Å².